The molecule has 3 N–H and O–H groups in total. The summed E-state index contributed by atoms with van der Waals surface area (Å²) >= 11 is 6.22. The zero-order chi connectivity index (χ0) is 19.7. The molecule has 2 aliphatic heterocycles. The molecule has 1 aromatic heterocycles. The zero-order valence-electron chi connectivity index (χ0n) is 16.3. The highest BCUT2D eigenvalue weighted by Gasteiger charge is 2.25. The Morgan fingerprint density at radius 2 is 2.07 bits per heavy atom. The summed E-state index contributed by atoms with van der Waals surface area (Å²) < 4.78 is 11.2. The Kier molecular flexibility index (Phi) is 5.80. The number of amides is 1. The van der Waals surface area contributed by atoms with Crippen molar-refractivity contribution in [3.63, 3.8) is 0 Å². The van der Waals surface area contributed by atoms with Crippen LogP contribution < -0.4 is 11.1 Å². The molecule has 28 heavy (non-hydrogen) atoms. The van der Waals surface area contributed by atoms with Gasteiger partial charge >= 0.3 is 0 Å². The molecule has 0 saturated carbocycles. The van der Waals surface area contributed by atoms with Crippen LogP contribution in [0.15, 0.2) is 16.5 Å². The van der Waals surface area contributed by atoms with Gasteiger partial charge in [0, 0.05) is 25.1 Å². The van der Waals surface area contributed by atoms with E-state index in [1.165, 1.54) is 6.42 Å². The van der Waals surface area contributed by atoms with E-state index in [0.717, 1.165) is 45.7 Å². The number of halogens is 1. The molecular weight excluding hydrogens is 378 g/mol. The Balaban J connectivity index is 1.33. The summed E-state index contributed by atoms with van der Waals surface area (Å²) in [5.41, 5.74) is 7.43. The first-order valence-electron chi connectivity index (χ1n) is 10.1. The number of nitrogens with one attached hydrogen (secondary N) is 1. The number of furan rings is 1. The van der Waals surface area contributed by atoms with Gasteiger partial charge in [0.2, 0.25) is 0 Å². The fraction of sp³-hybridized carbons (Fsp3) is 0.571. The number of nitrogens with two attached hydrogens (primary N) is 1. The molecule has 6 nitrogen and oxygen atoms in total. The Labute approximate surface area is 170 Å². The lowest BCUT2D eigenvalue weighted by Gasteiger charge is -2.33. The summed E-state index contributed by atoms with van der Waals surface area (Å²) in [4.78, 5) is 15.3. The number of piperidine rings is 1. The van der Waals surface area contributed by atoms with Crippen molar-refractivity contribution in [2.75, 3.05) is 45.1 Å². The first-order chi connectivity index (χ1) is 13.5. The highest BCUT2D eigenvalue weighted by atomic mass is 35.5. The minimum Gasteiger partial charge on any atom is -0.460 e. The van der Waals surface area contributed by atoms with E-state index in [0.29, 0.717) is 51.4 Å². The second-order valence-corrected chi connectivity index (χ2v) is 8.51. The van der Waals surface area contributed by atoms with Gasteiger partial charge in [0.15, 0.2) is 0 Å². The van der Waals surface area contributed by atoms with E-state index in [9.17, 15) is 4.79 Å². The summed E-state index contributed by atoms with van der Waals surface area (Å²) in [6, 6.07) is 3.42. The van der Waals surface area contributed by atoms with Crippen LogP contribution in [0.1, 0.15) is 35.4 Å². The van der Waals surface area contributed by atoms with Crippen LogP contribution in [0, 0.1) is 18.8 Å². The third-order valence-corrected chi connectivity index (χ3v) is 6.27. The van der Waals surface area contributed by atoms with Gasteiger partial charge in [-0.05, 0) is 63.2 Å². The molecule has 0 aliphatic carbocycles. The molecule has 1 aromatic carbocycles. The molecule has 2 fully saturated rings. The number of nitrogen functional groups attached to an aromatic ring is 1. The molecule has 0 bridgehead atoms. The Bertz CT molecular complexity index is 852. The Hall–Kier alpha value is -1.76. The number of carbonyl (C=O) groups is 1. The van der Waals surface area contributed by atoms with Crippen molar-refractivity contribution < 1.29 is 13.9 Å². The maximum atomic E-state index is 12.8. The first-order valence-corrected chi connectivity index (χ1v) is 10.5. The van der Waals surface area contributed by atoms with Crippen molar-refractivity contribution in [3.8, 4) is 0 Å². The predicted octanol–water partition coefficient (Wildman–Crippen LogP) is 3.46. The van der Waals surface area contributed by atoms with E-state index in [4.69, 9.17) is 26.5 Å². The van der Waals surface area contributed by atoms with Crippen LogP contribution in [-0.2, 0) is 4.74 Å². The number of fused-ring (bicyclic) bond motifs is 1. The van der Waals surface area contributed by atoms with E-state index < -0.39 is 0 Å². The molecule has 0 spiro atoms. The van der Waals surface area contributed by atoms with Crippen LogP contribution in [0.2, 0.25) is 5.02 Å². The van der Waals surface area contributed by atoms with Crippen molar-refractivity contribution in [2.24, 2.45) is 11.8 Å². The molecule has 3 heterocycles. The topological polar surface area (TPSA) is 80.7 Å². The zero-order valence-corrected chi connectivity index (χ0v) is 17.1. The average molecular weight is 406 g/mol. The number of carbonyl (C=O) groups excluding carboxylic acids is 1. The Morgan fingerprint density at radius 1 is 1.29 bits per heavy atom. The van der Waals surface area contributed by atoms with Crippen LogP contribution in [-0.4, -0.2) is 50.2 Å². The third-order valence-electron chi connectivity index (χ3n) is 5.96. The predicted molar refractivity (Wildman–Crippen MR) is 111 cm³/mol. The fourth-order valence-electron chi connectivity index (χ4n) is 4.28. The van der Waals surface area contributed by atoms with Crippen LogP contribution in [0.4, 0.5) is 5.69 Å². The molecule has 0 radical (unpaired) electrons. The fourth-order valence-corrected chi connectivity index (χ4v) is 4.49. The maximum Gasteiger partial charge on any atom is 0.255 e. The molecule has 7 heteroatoms. The van der Waals surface area contributed by atoms with Gasteiger partial charge in [-0.15, -0.1) is 0 Å². The minimum atomic E-state index is -0.160. The highest BCUT2D eigenvalue weighted by Crippen LogP contribution is 2.34. The number of rotatable bonds is 5. The molecule has 4 rings (SSSR count). The number of hydrogen-bond donors (Lipinski definition) is 2. The van der Waals surface area contributed by atoms with Crippen LogP contribution >= 0.6 is 11.6 Å². The summed E-state index contributed by atoms with van der Waals surface area (Å²) in [6.07, 6.45) is 3.39. The van der Waals surface area contributed by atoms with Crippen molar-refractivity contribution in [1.82, 2.24) is 10.2 Å². The van der Waals surface area contributed by atoms with Crippen LogP contribution in [0.5, 0.6) is 0 Å². The van der Waals surface area contributed by atoms with E-state index in [2.05, 4.69) is 10.2 Å². The molecule has 2 saturated heterocycles. The van der Waals surface area contributed by atoms with Gasteiger partial charge in [0.05, 0.1) is 22.9 Å². The van der Waals surface area contributed by atoms with Gasteiger partial charge in [-0.1, -0.05) is 11.6 Å². The number of anilines is 1. The summed E-state index contributed by atoms with van der Waals surface area (Å²) in [6.45, 7) is 7.63. The second-order valence-electron chi connectivity index (χ2n) is 8.10. The summed E-state index contributed by atoms with van der Waals surface area (Å²) in [5.74, 6) is 1.73. The molecular formula is C21H28ClN3O3. The molecule has 152 valence electrons. The minimum absolute atomic E-state index is 0.160. The standard InChI is InChI=1S/C21H28ClN3O3/c1-13-8-16-19(23)18(22)9-17(20(16)28-13)21(26)24-10-14-2-5-25(6-3-14)11-15-4-7-27-12-15/h8-9,14-15H,2-7,10-12,23H2,1H3,(H,24,26). The normalized spacial score (nSPS) is 21.4. The van der Waals surface area contributed by atoms with E-state index in [-0.39, 0.29) is 5.91 Å². The van der Waals surface area contributed by atoms with E-state index >= 15 is 0 Å². The number of benzene rings is 1. The van der Waals surface area contributed by atoms with Gasteiger partial charge < -0.3 is 25.1 Å². The van der Waals surface area contributed by atoms with Gasteiger partial charge in [0.1, 0.15) is 11.3 Å². The molecule has 1 atom stereocenters. The highest BCUT2D eigenvalue weighted by molar-refractivity contribution is 6.35. The summed E-state index contributed by atoms with van der Waals surface area (Å²) in [7, 11) is 0. The van der Waals surface area contributed by atoms with Crippen LogP contribution in [0.25, 0.3) is 11.0 Å². The lowest BCUT2D eigenvalue weighted by atomic mass is 9.95. The molecule has 2 aliphatic rings. The van der Waals surface area contributed by atoms with E-state index in [1.54, 1.807) is 6.07 Å². The maximum absolute atomic E-state index is 12.8. The molecule has 2 aromatic rings. The summed E-state index contributed by atoms with van der Waals surface area (Å²) in [5, 5.41) is 4.14. The smallest absolute Gasteiger partial charge is 0.255 e. The van der Waals surface area contributed by atoms with Gasteiger partial charge in [-0.25, -0.2) is 0 Å². The SMILES string of the molecule is Cc1cc2c(N)c(Cl)cc(C(=O)NCC3CCN(CC4CCOC4)CC3)c2o1. The lowest BCUT2D eigenvalue weighted by molar-refractivity contribution is 0.0932. The quantitative estimate of drug-likeness (QED) is 0.744. The van der Waals surface area contributed by atoms with Crippen molar-refractivity contribution in [1.29, 1.82) is 0 Å². The largest absolute Gasteiger partial charge is 0.460 e. The number of likely N-dealkylation sites (tertiary alicyclic amines) is 1. The second kappa shape index (κ2) is 8.31. The average Bonchev–Trinajstić information content (AvgIpc) is 3.33. The number of hydrogen-bond acceptors (Lipinski definition) is 5. The van der Waals surface area contributed by atoms with Crippen molar-refractivity contribution >= 4 is 34.2 Å². The first kappa shape index (κ1) is 19.6. The number of ether oxygens (including phenoxy) is 1. The van der Waals surface area contributed by atoms with Crippen molar-refractivity contribution in [3.05, 3.63) is 28.5 Å². The Morgan fingerprint density at radius 3 is 2.79 bits per heavy atom. The monoisotopic (exact) mass is 405 g/mol. The van der Waals surface area contributed by atoms with Crippen molar-refractivity contribution in [2.45, 2.75) is 26.2 Å². The number of nitrogens with zero attached hydrogens (tertiary/aromatic N) is 1. The van der Waals surface area contributed by atoms with Gasteiger partial charge in [-0.3, -0.25) is 4.79 Å². The van der Waals surface area contributed by atoms with Gasteiger partial charge in [-0.2, -0.15) is 0 Å². The molecule has 1 amide bonds. The van der Waals surface area contributed by atoms with Gasteiger partial charge in [0.25, 0.3) is 5.91 Å². The lowest BCUT2D eigenvalue weighted by Crippen LogP contribution is -2.40. The number of aryl methyl sites for hydroxylation is 1. The third kappa shape index (κ3) is 4.14. The molecule has 1 unspecified atom stereocenters. The van der Waals surface area contributed by atoms with Crippen LogP contribution in [0.3, 0.4) is 0 Å². The van der Waals surface area contributed by atoms with E-state index in [1.807, 2.05) is 13.0 Å².